The van der Waals surface area contributed by atoms with Crippen LogP contribution in [0.25, 0.3) is 0 Å². The van der Waals surface area contributed by atoms with Gasteiger partial charge in [0, 0.05) is 18.7 Å². The number of aliphatic imine (C=N–C) groups is 1. The van der Waals surface area contributed by atoms with E-state index in [0.29, 0.717) is 49.7 Å². The van der Waals surface area contributed by atoms with Crippen LogP contribution >= 0.6 is 0 Å². The standard InChI is InChI=1S/C23H28F3N5O2/c1-13-12-31-21(27-13)17(11-18(29-31)30-9-7-23(3,33)8-10-30)22(32)28-14(2)15-5-4-6-16(19(15)24)20(25)26/h4-6,11,13-14,20,33H,7-10,12H2,1-3H3,(H,28,32)/t13-,14-/m1/s1. The molecule has 0 bridgehead atoms. The number of fused-ring (bicyclic) bond motifs is 1. The predicted octanol–water partition coefficient (Wildman–Crippen LogP) is 3.14. The van der Waals surface area contributed by atoms with Crippen molar-refractivity contribution in [3.63, 3.8) is 0 Å². The number of likely N-dealkylation sites (tertiary alicyclic amines) is 1. The highest BCUT2D eigenvalue weighted by atomic mass is 19.3. The maximum absolute atomic E-state index is 14.6. The van der Waals surface area contributed by atoms with Gasteiger partial charge in [-0.25, -0.2) is 18.2 Å². The number of benzene rings is 1. The van der Waals surface area contributed by atoms with Gasteiger partial charge in [0.1, 0.15) is 11.7 Å². The molecule has 0 spiro atoms. The van der Waals surface area contributed by atoms with Crippen LogP contribution in [0.15, 0.2) is 39.9 Å². The lowest BCUT2D eigenvalue weighted by Crippen LogP contribution is -2.47. The van der Waals surface area contributed by atoms with E-state index in [-0.39, 0.29) is 11.6 Å². The smallest absolute Gasteiger partial charge is 0.266 e. The van der Waals surface area contributed by atoms with Crippen molar-refractivity contribution in [3.8, 4) is 0 Å². The number of nitrogens with zero attached hydrogens (tertiary/aromatic N) is 4. The van der Waals surface area contributed by atoms with Gasteiger partial charge in [-0.2, -0.15) is 5.10 Å². The van der Waals surface area contributed by atoms with Crippen LogP contribution in [0.2, 0.25) is 0 Å². The summed E-state index contributed by atoms with van der Waals surface area (Å²) in [7, 11) is 0. The molecule has 1 aromatic rings. The molecule has 0 radical (unpaired) electrons. The lowest BCUT2D eigenvalue weighted by Gasteiger charge is -2.38. The minimum Gasteiger partial charge on any atom is -0.390 e. The number of carbonyl (C=O) groups excluding carboxylic acids is 1. The fourth-order valence-corrected chi connectivity index (χ4v) is 4.26. The Hall–Kier alpha value is -2.88. The number of piperidine rings is 1. The molecule has 10 heteroatoms. The van der Waals surface area contributed by atoms with E-state index in [4.69, 9.17) is 0 Å². The van der Waals surface area contributed by atoms with Gasteiger partial charge in [-0.3, -0.25) is 9.79 Å². The fourth-order valence-electron chi connectivity index (χ4n) is 4.26. The van der Waals surface area contributed by atoms with Gasteiger partial charge in [-0.05, 0) is 39.7 Å². The molecular weight excluding hydrogens is 435 g/mol. The van der Waals surface area contributed by atoms with Gasteiger partial charge in [-0.1, -0.05) is 18.2 Å². The van der Waals surface area contributed by atoms with E-state index in [9.17, 15) is 23.1 Å². The summed E-state index contributed by atoms with van der Waals surface area (Å²) in [6, 6.07) is 2.88. The summed E-state index contributed by atoms with van der Waals surface area (Å²) in [5.74, 6) is -0.475. The molecule has 33 heavy (non-hydrogen) atoms. The number of aliphatic hydroxyl groups is 1. The van der Waals surface area contributed by atoms with Crippen LogP contribution < -0.4 is 5.32 Å². The second-order valence-corrected chi connectivity index (χ2v) is 9.13. The van der Waals surface area contributed by atoms with Crippen LogP contribution in [-0.2, 0) is 4.79 Å². The molecule has 3 aliphatic rings. The summed E-state index contributed by atoms with van der Waals surface area (Å²) in [6.45, 7) is 6.98. The molecule has 4 rings (SSSR count). The molecule has 3 heterocycles. The van der Waals surface area contributed by atoms with Crippen LogP contribution in [0.5, 0.6) is 0 Å². The SMILES string of the molecule is C[C@@H]1CN2N=C(N3CCC(C)(O)CC3)C=C(C(=O)N[C@H](C)c3cccc(C(F)F)c3F)C2=N1. The Kier molecular flexibility index (Phi) is 6.22. The van der Waals surface area contributed by atoms with Gasteiger partial charge in [0.15, 0.2) is 5.84 Å². The molecule has 3 aliphatic heterocycles. The van der Waals surface area contributed by atoms with E-state index in [2.05, 4.69) is 15.4 Å². The molecule has 0 aliphatic carbocycles. The van der Waals surface area contributed by atoms with E-state index in [1.807, 2.05) is 11.8 Å². The van der Waals surface area contributed by atoms with Crippen LogP contribution in [0, 0.1) is 5.82 Å². The summed E-state index contributed by atoms with van der Waals surface area (Å²) in [4.78, 5) is 19.8. The maximum Gasteiger partial charge on any atom is 0.266 e. The lowest BCUT2D eigenvalue weighted by molar-refractivity contribution is -0.117. The van der Waals surface area contributed by atoms with Gasteiger partial charge in [0.25, 0.3) is 12.3 Å². The Morgan fingerprint density at radius 1 is 1.27 bits per heavy atom. The van der Waals surface area contributed by atoms with Crippen molar-refractivity contribution >= 4 is 17.6 Å². The van der Waals surface area contributed by atoms with Gasteiger partial charge < -0.3 is 15.3 Å². The van der Waals surface area contributed by atoms with E-state index < -0.39 is 35.4 Å². The van der Waals surface area contributed by atoms with Crippen molar-refractivity contribution in [1.29, 1.82) is 0 Å². The van der Waals surface area contributed by atoms with Crippen molar-refractivity contribution in [2.24, 2.45) is 10.1 Å². The second-order valence-electron chi connectivity index (χ2n) is 9.13. The van der Waals surface area contributed by atoms with Crippen LogP contribution in [0.1, 0.15) is 57.2 Å². The Labute approximate surface area is 190 Å². The molecule has 0 saturated carbocycles. The van der Waals surface area contributed by atoms with Crippen molar-refractivity contribution in [2.75, 3.05) is 19.6 Å². The number of carbonyl (C=O) groups is 1. The van der Waals surface area contributed by atoms with Crippen LogP contribution in [0.3, 0.4) is 0 Å². The summed E-state index contributed by atoms with van der Waals surface area (Å²) >= 11 is 0. The van der Waals surface area contributed by atoms with E-state index in [0.717, 1.165) is 6.07 Å². The summed E-state index contributed by atoms with van der Waals surface area (Å²) in [5, 5.41) is 19.3. The Balaban J connectivity index is 1.57. The number of amidine groups is 2. The van der Waals surface area contributed by atoms with Crippen LogP contribution in [-0.4, -0.2) is 63.9 Å². The monoisotopic (exact) mass is 463 g/mol. The quantitative estimate of drug-likeness (QED) is 0.719. The molecule has 2 atom stereocenters. The highest BCUT2D eigenvalue weighted by molar-refractivity contribution is 6.25. The number of amides is 1. The number of nitrogens with one attached hydrogen (secondary N) is 1. The number of alkyl halides is 2. The van der Waals surface area contributed by atoms with E-state index in [1.54, 1.807) is 24.9 Å². The Bertz CT molecular complexity index is 1030. The normalized spacial score (nSPS) is 23.0. The first-order valence-corrected chi connectivity index (χ1v) is 11.1. The molecular formula is C23H28F3N5O2. The third-order valence-electron chi connectivity index (χ3n) is 6.28. The second kappa shape index (κ2) is 8.81. The number of hydrogen-bond donors (Lipinski definition) is 2. The molecule has 1 amide bonds. The first-order valence-electron chi connectivity index (χ1n) is 11.1. The zero-order valence-corrected chi connectivity index (χ0v) is 18.9. The highest BCUT2D eigenvalue weighted by Gasteiger charge is 2.36. The zero-order valence-electron chi connectivity index (χ0n) is 18.9. The number of hydrogen-bond acceptors (Lipinski definition) is 6. The molecule has 178 valence electrons. The third-order valence-corrected chi connectivity index (χ3v) is 6.28. The first kappa shape index (κ1) is 23.3. The van der Waals surface area contributed by atoms with Crippen molar-refractivity contribution in [3.05, 3.63) is 46.8 Å². The lowest BCUT2D eigenvalue weighted by atomic mass is 9.93. The van der Waals surface area contributed by atoms with Gasteiger partial charge in [-0.15, -0.1) is 0 Å². The number of rotatable bonds is 4. The Morgan fingerprint density at radius 3 is 2.61 bits per heavy atom. The summed E-state index contributed by atoms with van der Waals surface area (Å²) < 4.78 is 40.7. The summed E-state index contributed by atoms with van der Waals surface area (Å²) in [5.41, 5.74) is -1.14. The molecule has 0 aromatic heterocycles. The fraction of sp³-hybridized carbons (Fsp3) is 0.522. The van der Waals surface area contributed by atoms with Crippen LogP contribution in [0.4, 0.5) is 13.2 Å². The van der Waals surface area contributed by atoms with Crippen molar-refractivity contribution in [2.45, 2.75) is 57.7 Å². The number of hydrazone groups is 1. The maximum atomic E-state index is 14.6. The minimum absolute atomic E-state index is 0.0108. The van der Waals surface area contributed by atoms with Crippen molar-refractivity contribution < 1.29 is 23.1 Å². The van der Waals surface area contributed by atoms with Gasteiger partial charge in [0.05, 0.1) is 35.4 Å². The Morgan fingerprint density at radius 2 is 1.94 bits per heavy atom. The third kappa shape index (κ3) is 4.75. The van der Waals surface area contributed by atoms with Gasteiger partial charge in [0.2, 0.25) is 0 Å². The molecule has 0 unspecified atom stereocenters. The van der Waals surface area contributed by atoms with E-state index >= 15 is 0 Å². The molecule has 7 nitrogen and oxygen atoms in total. The molecule has 1 saturated heterocycles. The average Bonchev–Trinajstić information content (AvgIpc) is 3.12. The summed E-state index contributed by atoms with van der Waals surface area (Å²) in [6.07, 6.45) is -0.132. The largest absolute Gasteiger partial charge is 0.390 e. The van der Waals surface area contributed by atoms with Crippen molar-refractivity contribution in [1.82, 2.24) is 15.2 Å². The van der Waals surface area contributed by atoms with Gasteiger partial charge >= 0.3 is 0 Å². The highest BCUT2D eigenvalue weighted by Crippen LogP contribution is 2.29. The molecule has 1 aromatic carbocycles. The minimum atomic E-state index is -2.94. The predicted molar refractivity (Wildman–Crippen MR) is 118 cm³/mol. The topological polar surface area (TPSA) is 80.5 Å². The molecule has 1 fully saturated rings. The first-order chi connectivity index (χ1) is 15.6. The number of halogens is 3. The van der Waals surface area contributed by atoms with E-state index in [1.165, 1.54) is 12.1 Å². The average molecular weight is 464 g/mol. The molecule has 2 N–H and O–H groups in total. The zero-order chi connectivity index (χ0) is 23.9.